The third-order valence-electron chi connectivity index (χ3n) is 5.80. The first kappa shape index (κ1) is 18.6. The maximum absolute atomic E-state index is 2.46. The minimum absolute atomic E-state index is 0. The van der Waals surface area contributed by atoms with Crippen LogP contribution < -0.4 is 28.5 Å². The Morgan fingerprint density at radius 1 is 1.00 bits per heavy atom. The molecule has 0 aliphatic carbocycles. The quantitative estimate of drug-likeness (QED) is 0.513. The first-order chi connectivity index (χ1) is 11.6. The standard InChI is InChI=1S/C22H27N2.HI/c1-17(2)24(16-18-9-5-4-6-10-18)21-12-8-7-11-19(21)20-15-23(3)14-13-22(20)24;/h4-12,17H,13-16H2,1-3H3;1H/q+1;/p-1. The Morgan fingerprint density at radius 2 is 1.68 bits per heavy atom. The van der Waals surface area contributed by atoms with Gasteiger partial charge in [0.05, 0.1) is 6.04 Å². The molecule has 1 atom stereocenters. The van der Waals surface area contributed by atoms with Crippen molar-refractivity contribution < 1.29 is 24.0 Å². The zero-order valence-corrected chi connectivity index (χ0v) is 17.5. The van der Waals surface area contributed by atoms with E-state index in [2.05, 4.69) is 80.4 Å². The number of likely N-dealkylation sites (N-methyl/N-ethyl adjacent to an activating group) is 1. The van der Waals surface area contributed by atoms with Gasteiger partial charge in [-0.3, -0.25) is 4.48 Å². The van der Waals surface area contributed by atoms with Crippen molar-refractivity contribution in [2.45, 2.75) is 32.9 Å². The SMILES string of the molecule is CC(C)[N+]1(Cc2ccccc2)C2=C(CN(C)CC2)c2ccccc21.[I-]. The Labute approximate surface area is 168 Å². The van der Waals surface area contributed by atoms with E-state index in [1.54, 1.807) is 11.3 Å². The molecule has 0 spiro atoms. The fraction of sp³-hybridized carbons (Fsp3) is 0.364. The lowest BCUT2D eigenvalue weighted by Crippen LogP contribution is -3.00. The summed E-state index contributed by atoms with van der Waals surface area (Å²) in [6, 6.07) is 20.6. The Kier molecular flexibility index (Phi) is 5.37. The molecular formula is C22H27IN2. The van der Waals surface area contributed by atoms with E-state index in [1.807, 2.05) is 0 Å². The van der Waals surface area contributed by atoms with E-state index in [0.29, 0.717) is 6.04 Å². The lowest BCUT2D eigenvalue weighted by Gasteiger charge is -2.42. The molecule has 0 N–H and O–H groups in total. The number of hydrogen-bond donors (Lipinski definition) is 0. The van der Waals surface area contributed by atoms with Crippen molar-refractivity contribution >= 4 is 11.3 Å². The molecule has 132 valence electrons. The van der Waals surface area contributed by atoms with E-state index in [-0.39, 0.29) is 24.0 Å². The van der Waals surface area contributed by atoms with Crippen molar-refractivity contribution in [3.05, 3.63) is 71.4 Å². The number of fused-ring (bicyclic) bond motifs is 2. The van der Waals surface area contributed by atoms with Crippen LogP contribution in [0.25, 0.3) is 5.57 Å². The van der Waals surface area contributed by atoms with Crippen molar-refractivity contribution in [3.8, 4) is 0 Å². The average Bonchev–Trinajstić information content (AvgIpc) is 2.87. The predicted molar refractivity (Wildman–Crippen MR) is 103 cm³/mol. The van der Waals surface area contributed by atoms with Crippen LogP contribution in [0.3, 0.4) is 0 Å². The summed E-state index contributed by atoms with van der Waals surface area (Å²) in [6.45, 7) is 8.06. The van der Waals surface area contributed by atoms with Crippen LogP contribution in [-0.4, -0.2) is 31.1 Å². The van der Waals surface area contributed by atoms with Gasteiger partial charge in [0.2, 0.25) is 0 Å². The van der Waals surface area contributed by atoms with Gasteiger partial charge in [-0.2, -0.15) is 0 Å². The van der Waals surface area contributed by atoms with Gasteiger partial charge in [0.1, 0.15) is 17.9 Å². The molecule has 2 aliphatic heterocycles. The largest absolute Gasteiger partial charge is 1.00 e. The monoisotopic (exact) mass is 446 g/mol. The molecule has 2 aromatic rings. The molecule has 2 heterocycles. The summed E-state index contributed by atoms with van der Waals surface area (Å²) < 4.78 is 1.00. The van der Waals surface area contributed by atoms with Crippen LogP contribution in [0.4, 0.5) is 5.69 Å². The van der Waals surface area contributed by atoms with Crippen LogP contribution in [0, 0.1) is 0 Å². The molecule has 2 nitrogen and oxygen atoms in total. The van der Waals surface area contributed by atoms with Crippen molar-refractivity contribution in [1.29, 1.82) is 0 Å². The van der Waals surface area contributed by atoms with E-state index in [0.717, 1.165) is 24.1 Å². The summed E-state index contributed by atoms with van der Waals surface area (Å²) >= 11 is 0. The molecule has 0 radical (unpaired) electrons. The molecule has 2 aliphatic rings. The second-order valence-corrected chi connectivity index (χ2v) is 7.54. The lowest BCUT2D eigenvalue weighted by atomic mass is 10.0. The van der Waals surface area contributed by atoms with Gasteiger partial charge in [-0.15, -0.1) is 0 Å². The van der Waals surface area contributed by atoms with Gasteiger partial charge >= 0.3 is 0 Å². The number of halogens is 1. The molecule has 25 heavy (non-hydrogen) atoms. The highest BCUT2D eigenvalue weighted by Crippen LogP contribution is 2.50. The molecular weight excluding hydrogens is 419 g/mol. The number of hydrogen-bond acceptors (Lipinski definition) is 1. The zero-order chi connectivity index (χ0) is 16.7. The number of para-hydroxylation sites is 1. The minimum atomic E-state index is 0. The molecule has 0 saturated carbocycles. The Hall–Kier alpha value is -1.17. The molecule has 0 bridgehead atoms. The van der Waals surface area contributed by atoms with Crippen LogP contribution in [0.1, 0.15) is 31.4 Å². The molecule has 3 heteroatoms. The molecule has 0 amide bonds. The molecule has 2 aromatic carbocycles. The third-order valence-corrected chi connectivity index (χ3v) is 5.80. The van der Waals surface area contributed by atoms with Crippen LogP contribution in [-0.2, 0) is 6.54 Å². The summed E-state index contributed by atoms with van der Waals surface area (Å²) in [7, 11) is 2.24. The van der Waals surface area contributed by atoms with E-state index in [9.17, 15) is 0 Å². The molecule has 0 aromatic heterocycles. The fourth-order valence-corrected chi connectivity index (χ4v) is 4.62. The maximum Gasteiger partial charge on any atom is 0.145 e. The number of quaternary nitrogens is 1. The summed E-state index contributed by atoms with van der Waals surface area (Å²) in [4.78, 5) is 2.46. The summed E-state index contributed by atoms with van der Waals surface area (Å²) in [5, 5.41) is 0. The number of benzene rings is 2. The molecule has 0 fully saturated rings. The van der Waals surface area contributed by atoms with Crippen LogP contribution in [0.15, 0.2) is 60.3 Å². The third kappa shape index (κ3) is 2.96. The predicted octanol–water partition coefficient (Wildman–Crippen LogP) is 1.67. The Bertz CT molecular complexity index is 782. The number of nitrogens with zero attached hydrogens (tertiary/aromatic N) is 2. The van der Waals surface area contributed by atoms with Gasteiger partial charge in [-0.05, 0) is 27.0 Å². The van der Waals surface area contributed by atoms with Crippen molar-refractivity contribution in [3.63, 3.8) is 0 Å². The zero-order valence-electron chi connectivity index (χ0n) is 15.4. The van der Waals surface area contributed by atoms with Gasteiger partial charge in [-0.1, -0.05) is 42.5 Å². The van der Waals surface area contributed by atoms with Crippen LogP contribution in [0.5, 0.6) is 0 Å². The highest BCUT2D eigenvalue weighted by atomic mass is 127. The van der Waals surface area contributed by atoms with Crippen LogP contribution >= 0.6 is 0 Å². The minimum Gasteiger partial charge on any atom is -1.00 e. The first-order valence-corrected chi connectivity index (χ1v) is 9.05. The first-order valence-electron chi connectivity index (χ1n) is 9.05. The summed E-state index contributed by atoms with van der Waals surface area (Å²) in [5.74, 6) is 0. The van der Waals surface area contributed by atoms with Gasteiger partial charge in [0, 0.05) is 42.3 Å². The van der Waals surface area contributed by atoms with E-state index in [1.165, 1.54) is 23.2 Å². The second kappa shape index (κ2) is 7.22. The topological polar surface area (TPSA) is 3.24 Å². The van der Waals surface area contributed by atoms with Gasteiger partial charge in [-0.25, -0.2) is 0 Å². The van der Waals surface area contributed by atoms with Gasteiger partial charge in [0.25, 0.3) is 0 Å². The number of rotatable bonds is 3. The molecule has 0 saturated heterocycles. The van der Waals surface area contributed by atoms with Gasteiger partial charge in [0.15, 0.2) is 0 Å². The van der Waals surface area contributed by atoms with Crippen molar-refractivity contribution in [1.82, 2.24) is 9.38 Å². The second-order valence-electron chi connectivity index (χ2n) is 7.54. The van der Waals surface area contributed by atoms with Crippen molar-refractivity contribution in [2.24, 2.45) is 0 Å². The summed E-state index contributed by atoms with van der Waals surface area (Å²) in [5.41, 5.74) is 7.62. The van der Waals surface area contributed by atoms with Crippen molar-refractivity contribution in [2.75, 3.05) is 20.1 Å². The van der Waals surface area contributed by atoms with Crippen LogP contribution in [0.2, 0.25) is 0 Å². The van der Waals surface area contributed by atoms with E-state index in [4.69, 9.17) is 0 Å². The molecule has 4 rings (SSSR count). The Balaban J connectivity index is 0.00000182. The average molecular weight is 446 g/mol. The Morgan fingerprint density at radius 3 is 2.40 bits per heavy atom. The van der Waals surface area contributed by atoms with Gasteiger partial charge < -0.3 is 28.9 Å². The lowest BCUT2D eigenvalue weighted by molar-refractivity contribution is -0.00000497. The summed E-state index contributed by atoms with van der Waals surface area (Å²) in [6.07, 6.45) is 1.17. The maximum atomic E-state index is 2.46. The molecule has 1 unspecified atom stereocenters. The highest BCUT2D eigenvalue weighted by Gasteiger charge is 2.48. The normalized spacial score (nSPS) is 22.6. The highest BCUT2D eigenvalue weighted by molar-refractivity contribution is 5.87. The van der Waals surface area contributed by atoms with E-state index < -0.39 is 0 Å². The van der Waals surface area contributed by atoms with E-state index >= 15 is 0 Å². The smallest absolute Gasteiger partial charge is 0.145 e. The fourth-order valence-electron chi connectivity index (χ4n) is 4.62.